The first-order chi connectivity index (χ1) is 12.2. The molecule has 0 saturated heterocycles. The molecule has 0 amide bonds. The molecular weight excluding hydrogens is 346 g/mol. The molecule has 6 heteroatoms. The second-order valence-electron chi connectivity index (χ2n) is 7.08. The molecule has 26 heavy (non-hydrogen) atoms. The standard InChI is InChI=1S/C20H29N3O2S/c1-16(2)15-23-20(22,14-6-9-17-7-4-3-5-8-17)26(24,25)19-12-10-18(21)11-13-19/h3-5,7-8,10-13,16,23H,6,9,14-15,21-22H2,1-2H3. The van der Waals surface area contributed by atoms with Gasteiger partial charge >= 0.3 is 0 Å². The van der Waals surface area contributed by atoms with Crippen LogP contribution in [0.1, 0.15) is 32.3 Å². The Labute approximate surface area is 156 Å². The summed E-state index contributed by atoms with van der Waals surface area (Å²) in [4.78, 5) is -1.33. The zero-order chi connectivity index (χ0) is 19.2. The maximum atomic E-state index is 13.2. The van der Waals surface area contributed by atoms with E-state index in [-0.39, 0.29) is 10.8 Å². The monoisotopic (exact) mass is 375 g/mol. The van der Waals surface area contributed by atoms with E-state index in [1.54, 1.807) is 12.1 Å². The molecule has 0 fully saturated rings. The minimum Gasteiger partial charge on any atom is -0.399 e. The Morgan fingerprint density at radius 3 is 2.23 bits per heavy atom. The topological polar surface area (TPSA) is 98.2 Å². The van der Waals surface area contributed by atoms with E-state index in [2.05, 4.69) is 5.32 Å². The van der Waals surface area contributed by atoms with Gasteiger partial charge in [-0.25, -0.2) is 8.42 Å². The number of nitrogens with two attached hydrogens (primary N) is 2. The highest BCUT2D eigenvalue weighted by molar-refractivity contribution is 7.92. The molecular formula is C20H29N3O2S. The Balaban J connectivity index is 2.20. The van der Waals surface area contributed by atoms with Gasteiger partial charge in [-0.05, 0) is 55.0 Å². The van der Waals surface area contributed by atoms with Gasteiger partial charge in [0, 0.05) is 12.2 Å². The Kier molecular flexibility index (Phi) is 6.81. The summed E-state index contributed by atoms with van der Waals surface area (Å²) >= 11 is 0. The highest BCUT2D eigenvalue weighted by Gasteiger charge is 2.40. The number of rotatable bonds is 9. The van der Waals surface area contributed by atoms with E-state index in [1.165, 1.54) is 17.7 Å². The Morgan fingerprint density at radius 1 is 1.04 bits per heavy atom. The van der Waals surface area contributed by atoms with Crippen LogP contribution in [0.3, 0.4) is 0 Å². The first kappa shape index (κ1) is 20.4. The largest absolute Gasteiger partial charge is 0.399 e. The van der Waals surface area contributed by atoms with Gasteiger partial charge in [0.05, 0.1) is 4.90 Å². The molecule has 2 aromatic rings. The van der Waals surface area contributed by atoms with Crippen molar-refractivity contribution in [1.82, 2.24) is 5.32 Å². The predicted molar refractivity (Wildman–Crippen MR) is 107 cm³/mol. The quantitative estimate of drug-likeness (QED) is 0.462. The maximum Gasteiger partial charge on any atom is 0.210 e. The summed E-state index contributed by atoms with van der Waals surface area (Å²) in [7, 11) is -3.76. The molecule has 0 aliphatic rings. The van der Waals surface area contributed by atoms with Crippen molar-refractivity contribution in [3.8, 4) is 0 Å². The molecule has 0 radical (unpaired) electrons. The van der Waals surface area contributed by atoms with Gasteiger partial charge in [0.25, 0.3) is 0 Å². The van der Waals surface area contributed by atoms with Crippen molar-refractivity contribution in [2.24, 2.45) is 11.7 Å². The molecule has 5 N–H and O–H groups in total. The molecule has 5 nitrogen and oxygen atoms in total. The summed E-state index contributed by atoms with van der Waals surface area (Å²) in [6.07, 6.45) is 1.77. The van der Waals surface area contributed by atoms with Gasteiger partial charge in [0.2, 0.25) is 9.84 Å². The zero-order valence-electron chi connectivity index (χ0n) is 15.5. The van der Waals surface area contributed by atoms with E-state index < -0.39 is 14.8 Å². The molecule has 0 aromatic heterocycles. The molecule has 0 aliphatic heterocycles. The lowest BCUT2D eigenvalue weighted by molar-refractivity contribution is 0.378. The fourth-order valence-corrected chi connectivity index (χ4v) is 4.35. The van der Waals surface area contributed by atoms with Gasteiger partial charge in [0.1, 0.15) is 0 Å². The number of anilines is 1. The van der Waals surface area contributed by atoms with Crippen LogP contribution in [-0.4, -0.2) is 20.0 Å². The SMILES string of the molecule is CC(C)CNC(N)(CCCc1ccccc1)S(=O)(=O)c1ccc(N)cc1. The summed E-state index contributed by atoms with van der Waals surface area (Å²) in [5, 5.41) is 3.09. The molecule has 0 aliphatic carbocycles. The summed E-state index contributed by atoms with van der Waals surface area (Å²) in [5.41, 5.74) is 13.8. The average Bonchev–Trinajstić information content (AvgIpc) is 2.61. The number of hydrogen-bond acceptors (Lipinski definition) is 5. The third kappa shape index (κ3) is 5.06. The maximum absolute atomic E-state index is 13.2. The van der Waals surface area contributed by atoms with Crippen LogP contribution in [0.15, 0.2) is 59.5 Å². The van der Waals surface area contributed by atoms with Crippen molar-refractivity contribution in [1.29, 1.82) is 0 Å². The fourth-order valence-electron chi connectivity index (χ4n) is 2.75. The zero-order valence-corrected chi connectivity index (χ0v) is 16.3. The fraction of sp³-hybridized carbons (Fsp3) is 0.400. The van der Waals surface area contributed by atoms with Crippen LogP contribution in [0.4, 0.5) is 5.69 Å². The minimum absolute atomic E-state index is 0.185. The van der Waals surface area contributed by atoms with Crippen LogP contribution >= 0.6 is 0 Å². The molecule has 2 aromatic carbocycles. The minimum atomic E-state index is -3.76. The highest BCUT2D eigenvalue weighted by Crippen LogP contribution is 2.25. The van der Waals surface area contributed by atoms with Crippen LogP contribution < -0.4 is 16.8 Å². The van der Waals surface area contributed by atoms with E-state index in [0.717, 1.165) is 6.42 Å². The third-order valence-corrected chi connectivity index (χ3v) is 6.54. The molecule has 0 saturated carbocycles. The Hall–Kier alpha value is -1.89. The average molecular weight is 376 g/mol. The smallest absolute Gasteiger partial charge is 0.210 e. The molecule has 1 atom stereocenters. The van der Waals surface area contributed by atoms with Crippen molar-refractivity contribution in [3.05, 3.63) is 60.2 Å². The second-order valence-corrected chi connectivity index (χ2v) is 9.28. The molecule has 0 heterocycles. The third-order valence-electron chi connectivity index (χ3n) is 4.34. The first-order valence-corrected chi connectivity index (χ1v) is 10.4. The van der Waals surface area contributed by atoms with Crippen LogP contribution in [-0.2, 0) is 16.3 Å². The summed E-state index contributed by atoms with van der Waals surface area (Å²) in [6.45, 7) is 4.57. The van der Waals surface area contributed by atoms with Crippen molar-refractivity contribution in [3.63, 3.8) is 0 Å². The number of aryl methyl sites for hydroxylation is 1. The first-order valence-electron chi connectivity index (χ1n) is 8.92. The second kappa shape index (κ2) is 8.66. The Bertz CT molecular complexity index is 790. The van der Waals surface area contributed by atoms with Gasteiger partial charge in [-0.2, -0.15) is 0 Å². The highest BCUT2D eigenvalue weighted by atomic mass is 32.2. The molecule has 2 rings (SSSR count). The van der Waals surface area contributed by atoms with Gasteiger partial charge in [-0.1, -0.05) is 44.2 Å². The lowest BCUT2D eigenvalue weighted by Crippen LogP contribution is -2.60. The number of nitrogen functional groups attached to an aromatic ring is 1. The van der Waals surface area contributed by atoms with Crippen molar-refractivity contribution >= 4 is 15.5 Å². The molecule has 1 unspecified atom stereocenters. The number of nitrogens with one attached hydrogen (secondary N) is 1. The predicted octanol–water partition coefficient (Wildman–Crippen LogP) is 2.92. The lowest BCUT2D eigenvalue weighted by Gasteiger charge is -2.31. The van der Waals surface area contributed by atoms with Crippen molar-refractivity contribution in [2.45, 2.75) is 43.0 Å². The van der Waals surface area contributed by atoms with Crippen molar-refractivity contribution in [2.75, 3.05) is 12.3 Å². The molecule has 0 spiro atoms. The van der Waals surface area contributed by atoms with Crippen LogP contribution in [0.5, 0.6) is 0 Å². The van der Waals surface area contributed by atoms with E-state index in [9.17, 15) is 8.42 Å². The summed E-state index contributed by atoms with van der Waals surface area (Å²) in [5.74, 6) is 0.286. The lowest BCUT2D eigenvalue weighted by atomic mass is 10.1. The Morgan fingerprint density at radius 2 is 1.65 bits per heavy atom. The van der Waals surface area contributed by atoms with Gasteiger partial charge in [-0.3, -0.25) is 5.32 Å². The number of hydrogen-bond donors (Lipinski definition) is 3. The van der Waals surface area contributed by atoms with E-state index in [1.807, 2.05) is 44.2 Å². The van der Waals surface area contributed by atoms with E-state index in [4.69, 9.17) is 11.5 Å². The summed E-state index contributed by atoms with van der Waals surface area (Å²) in [6, 6.07) is 16.2. The number of sulfone groups is 1. The van der Waals surface area contributed by atoms with Crippen LogP contribution in [0, 0.1) is 5.92 Å². The van der Waals surface area contributed by atoms with Gasteiger partial charge in [0.15, 0.2) is 4.99 Å². The normalized spacial score (nSPS) is 14.3. The molecule has 0 bridgehead atoms. The molecule has 142 valence electrons. The number of benzene rings is 2. The van der Waals surface area contributed by atoms with E-state index in [0.29, 0.717) is 25.1 Å². The van der Waals surface area contributed by atoms with Gasteiger partial charge < -0.3 is 11.5 Å². The van der Waals surface area contributed by atoms with Crippen molar-refractivity contribution < 1.29 is 8.42 Å². The van der Waals surface area contributed by atoms with Crippen LogP contribution in [0.25, 0.3) is 0 Å². The van der Waals surface area contributed by atoms with Crippen LogP contribution in [0.2, 0.25) is 0 Å². The summed E-state index contributed by atoms with van der Waals surface area (Å²) < 4.78 is 26.4. The van der Waals surface area contributed by atoms with Gasteiger partial charge in [-0.15, -0.1) is 0 Å². The van der Waals surface area contributed by atoms with E-state index >= 15 is 0 Å².